The fourth-order valence-electron chi connectivity index (χ4n) is 3.47. The maximum Gasteiger partial charge on any atom is 0.264 e. The highest BCUT2D eigenvalue weighted by atomic mass is 35.5. The van der Waals surface area contributed by atoms with Gasteiger partial charge in [0.2, 0.25) is 0 Å². The minimum absolute atomic E-state index is 0.0781. The Morgan fingerprint density at radius 3 is 2.55 bits per heavy atom. The highest BCUT2D eigenvalue weighted by Gasteiger charge is 2.37. The van der Waals surface area contributed by atoms with Gasteiger partial charge in [0.05, 0.1) is 23.7 Å². The molecule has 0 aliphatic carbocycles. The van der Waals surface area contributed by atoms with Crippen molar-refractivity contribution in [3.63, 3.8) is 0 Å². The van der Waals surface area contributed by atoms with E-state index in [2.05, 4.69) is 5.32 Å². The van der Waals surface area contributed by atoms with Gasteiger partial charge in [-0.2, -0.15) is 0 Å². The smallest absolute Gasteiger partial charge is 0.264 e. The number of aryl methyl sites for hydroxylation is 1. The molecule has 1 heterocycles. The molecule has 3 aromatic carbocycles. The van der Waals surface area contributed by atoms with E-state index in [1.807, 2.05) is 31.2 Å². The Labute approximate surface area is 197 Å². The quantitative estimate of drug-likeness (QED) is 0.513. The second-order valence-electron chi connectivity index (χ2n) is 7.47. The van der Waals surface area contributed by atoms with E-state index in [1.165, 1.54) is 28.6 Å². The Bertz CT molecular complexity index is 1250. The predicted octanol–water partition coefficient (Wildman–Crippen LogP) is 3.80. The molecule has 0 radical (unpaired) electrons. The molecule has 1 atom stereocenters. The van der Waals surface area contributed by atoms with Crippen LogP contribution in [-0.4, -0.2) is 40.1 Å². The van der Waals surface area contributed by atoms with Gasteiger partial charge in [-0.25, -0.2) is 8.42 Å². The molecule has 1 aliphatic heterocycles. The zero-order chi connectivity index (χ0) is 23.4. The van der Waals surface area contributed by atoms with Crippen LogP contribution in [0.25, 0.3) is 0 Å². The van der Waals surface area contributed by atoms with Crippen LogP contribution < -0.4 is 19.1 Å². The Kier molecular flexibility index (Phi) is 6.76. The zero-order valence-corrected chi connectivity index (χ0v) is 19.5. The number of anilines is 1. The average Bonchev–Trinajstić information content (AvgIpc) is 2.82. The molecule has 0 aromatic heterocycles. The van der Waals surface area contributed by atoms with E-state index < -0.39 is 22.0 Å². The van der Waals surface area contributed by atoms with Crippen molar-refractivity contribution < 1.29 is 22.7 Å². The number of nitrogens with zero attached hydrogens (tertiary/aromatic N) is 1. The second kappa shape index (κ2) is 9.72. The summed E-state index contributed by atoms with van der Waals surface area (Å²) in [5.74, 6) is 0.640. The lowest BCUT2D eigenvalue weighted by Gasteiger charge is -2.34. The van der Waals surface area contributed by atoms with Crippen molar-refractivity contribution in [2.24, 2.45) is 0 Å². The summed E-state index contributed by atoms with van der Waals surface area (Å²) in [6.07, 6.45) is -1.01. The van der Waals surface area contributed by atoms with Crippen LogP contribution in [0.1, 0.15) is 5.56 Å². The lowest BCUT2D eigenvalue weighted by atomic mass is 10.2. The van der Waals surface area contributed by atoms with Crippen molar-refractivity contribution in [1.82, 2.24) is 5.32 Å². The van der Waals surface area contributed by atoms with E-state index in [-0.39, 0.29) is 24.6 Å². The highest BCUT2D eigenvalue weighted by Crippen LogP contribution is 2.36. The number of amides is 1. The van der Waals surface area contributed by atoms with Crippen LogP contribution in [0.15, 0.2) is 77.7 Å². The highest BCUT2D eigenvalue weighted by molar-refractivity contribution is 7.92. The average molecular weight is 487 g/mol. The number of halogens is 1. The third-order valence-electron chi connectivity index (χ3n) is 5.18. The summed E-state index contributed by atoms with van der Waals surface area (Å²) in [5.41, 5.74) is 1.37. The summed E-state index contributed by atoms with van der Waals surface area (Å²) in [5, 5.41) is 3.20. The Balaban J connectivity index is 1.47. The van der Waals surface area contributed by atoms with Gasteiger partial charge in [0.1, 0.15) is 18.1 Å². The standard InChI is InChI=1S/C24H23ClN2O5S/c1-17-6-2-4-8-21(17)31-15-14-26-24(28)23-16-27(20-7-3-5-9-22(20)32-23)33(29,30)19-12-10-18(25)11-13-19/h2-13,23H,14-16H2,1H3,(H,26,28)/t23-/m1/s1. The Hall–Kier alpha value is -3.23. The number of hydrogen-bond acceptors (Lipinski definition) is 5. The second-order valence-corrected chi connectivity index (χ2v) is 9.77. The van der Waals surface area contributed by atoms with E-state index in [0.29, 0.717) is 16.5 Å². The number of hydrogen-bond donors (Lipinski definition) is 1. The van der Waals surface area contributed by atoms with Crippen molar-refractivity contribution >= 4 is 33.2 Å². The number of benzene rings is 3. The largest absolute Gasteiger partial charge is 0.491 e. The van der Waals surface area contributed by atoms with Gasteiger partial charge in [-0.05, 0) is 55.0 Å². The van der Waals surface area contributed by atoms with E-state index in [1.54, 1.807) is 24.3 Å². The maximum absolute atomic E-state index is 13.4. The summed E-state index contributed by atoms with van der Waals surface area (Å²) in [6, 6.07) is 20.2. The molecule has 3 aromatic rings. The van der Waals surface area contributed by atoms with Crippen LogP contribution in [-0.2, 0) is 14.8 Å². The third kappa shape index (κ3) is 5.07. The molecule has 4 rings (SSSR count). The SMILES string of the molecule is Cc1ccccc1OCCNC(=O)[C@H]1CN(S(=O)(=O)c2ccc(Cl)cc2)c2ccccc2O1. The first-order valence-corrected chi connectivity index (χ1v) is 12.2. The van der Waals surface area contributed by atoms with E-state index in [4.69, 9.17) is 21.1 Å². The molecule has 1 amide bonds. The minimum atomic E-state index is -3.93. The summed E-state index contributed by atoms with van der Waals surface area (Å²) >= 11 is 5.91. The maximum atomic E-state index is 13.4. The number of carbonyl (C=O) groups is 1. The third-order valence-corrected chi connectivity index (χ3v) is 7.23. The fraction of sp³-hybridized carbons (Fsp3) is 0.208. The zero-order valence-electron chi connectivity index (χ0n) is 17.9. The molecule has 0 saturated heterocycles. The first-order chi connectivity index (χ1) is 15.9. The molecule has 1 N–H and O–H groups in total. The molecular weight excluding hydrogens is 464 g/mol. The molecule has 0 fully saturated rings. The van der Waals surface area contributed by atoms with Crippen LogP contribution in [0, 0.1) is 6.92 Å². The van der Waals surface area contributed by atoms with Gasteiger partial charge in [0.25, 0.3) is 15.9 Å². The molecule has 1 aliphatic rings. The van der Waals surface area contributed by atoms with Crippen LogP contribution in [0.5, 0.6) is 11.5 Å². The molecule has 0 saturated carbocycles. The molecule has 33 heavy (non-hydrogen) atoms. The van der Waals surface area contributed by atoms with Crippen LogP contribution in [0.3, 0.4) is 0 Å². The van der Waals surface area contributed by atoms with E-state index in [0.717, 1.165) is 11.3 Å². The summed E-state index contributed by atoms with van der Waals surface area (Å²) in [7, 11) is -3.93. The van der Waals surface area contributed by atoms with E-state index >= 15 is 0 Å². The van der Waals surface area contributed by atoms with Crippen molar-refractivity contribution in [3.05, 3.63) is 83.4 Å². The molecule has 0 bridgehead atoms. The number of ether oxygens (including phenoxy) is 2. The van der Waals surface area contributed by atoms with Crippen LogP contribution in [0.2, 0.25) is 5.02 Å². The Morgan fingerprint density at radius 1 is 1.09 bits per heavy atom. The summed E-state index contributed by atoms with van der Waals surface area (Å²) in [4.78, 5) is 12.9. The first-order valence-electron chi connectivity index (χ1n) is 10.4. The van der Waals surface area contributed by atoms with E-state index in [9.17, 15) is 13.2 Å². The van der Waals surface area contributed by atoms with Gasteiger partial charge < -0.3 is 14.8 Å². The van der Waals surface area contributed by atoms with Gasteiger partial charge >= 0.3 is 0 Å². The number of sulfonamides is 1. The Morgan fingerprint density at radius 2 is 1.79 bits per heavy atom. The molecule has 172 valence electrons. The molecule has 9 heteroatoms. The normalized spacial score (nSPS) is 15.3. The fourth-order valence-corrected chi connectivity index (χ4v) is 5.07. The number of rotatable bonds is 7. The number of para-hydroxylation sites is 3. The van der Waals surface area contributed by atoms with Crippen molar-refractivity contribution in [1.29, 1.82) is 0 Å². The molecule has 7 nitrogen and oxygen atoms in total. The van der Waals surface area contributed by atoms with Crippen molar-refractivity contribution in [2.45, 2.75) is 17.9 Å². The molecule has 0 spiro atoms. The summed E-state index contributed by atoms with van der Waals surface area (Å²) in [6.45, 7) is 2.30. The lowest BCUT2D eigenvalue weighted by molar-refractivity contribution is -0.127. The predicted molar refractivity (Wildman–Crippen MR) is 127 cm³/mol. The number of nitrogens with one attached hydrogen (secondary N) is 1. The minimum Gasteiger partial charge on any atom is -0.491 e. The number of carbonyl (C=O) groups excluding carboxylic acids is 1. The van der Waals surface area contributed by atoms with Gasteiger partial charge in [-0.1, -0.05) is 41.9 Å². The van der Waals surface area contributed by atoms with Crippen LogP contribution >= 0.6 is 11.6 Å². The number of fused-ring (bicyclic) bond motifs is 1. The van der Waals surface area contributed by atoms with Gasteiger partial charge in [0.15, 0.2) is 6.10 Å². The van der Waals surface area contributed by atoms with Crippen molar-refractivity contribution in [3.8, 4) is 11.5 Å². The topological polar surface area (TPSA) is 84.9 Å². The van der Waals surface area contributed by atoms with Gasteiger partial charge in [-0.3, -0.25) is 9.10 Å². The molecular formula is C24H23ClN2O5S. The summed E-state index contributed by atoms with van der Waals surface area (Å²) < 4.78 is 39.4. The lowest BCUT2D eigenvalue weighted by Crippen LogP contribution is -2.51. The first kappa shape index (κ1) is 22.9. The van der Waals surface area contributed by atoms with Gasteiger partial charge in [-0.15, -0.1) is 0 Å². The van der Waals surface area contributed by atoms with Crippen molar-refractivity contribution in [2.75, 3.05) is 24.0 Å². The van der Waals surface area contributed by atoms with Gasteiger partial charge in [0, 0.05) is 5.02 Å². The monoisotopic (exact) mass is 486 g/mol. The van der Waals surface area contributed by atoms with Crippen LogP contribution in [0.4, 0.5) is 5.69 Å². The molecule has 0 unspecified atom stereocenters.